The van der Waals surface area contributed by atoms with Crippen molar-refractivity contribution in [3.8, 4) is 0 Å². The monoisotopic (exact) mass is 497 g/mol. The smallest absolute Gasteiger partial charge is 0.407 e. The molecule has 0 aliphatic heterocycles. The van der Waals surface area contributed by atoms with Crippen molar-refractivity contribution >= 4 is 12.1 Å². The van der Waals surface area contributed by atoms with Crippen molar-refractivity contribution in [1.82, 2.24) is 15.5 Å². The average Bonchev–Trinajstić information content (AvgIpc) is 2.81. The van der Waals surface area contributed by atoms with Gasteiger partial charge in [-0.1, -0.05) is 74.5 Å². The first-order valence-corrected chi connectivity index (χ1v) is 12.8. The molecule has 7 nitrogen and oxygen atoms in total. The van der Waals surface area contributed by atoms with Crippen molar-refractivity contribution in [2.24, 2.45) is 5.92 Å². The van der Waals surface area contributed by atoms with Gasteiger partial charge in [0.05, 0.1) is 19.3 Å². The third-order valence-electron chi connectivity index (χ3n) is 5.40. The van der Waals surface area contributed by atoms with Crippen LogP contribution in [-0.2, 0) is 22.5 Å². The fraction of sp³-hybridized carbons (Fsp3) is 0.517. The van der Waals surface area contributed by atoms with E-state index in [0.717, 1.165) is 17.5 Å². The van der Waals surface area contributed by atoms with E-state index in [1.54, 1.807) is 4.90 Å². The minimum absolute atomic E-state index is 0.161. The molecule has 0 fully saturated rings. The van der Waals surface area contributed by atoms with Crippen LogP contribution in [0.4, 0.5) is 9.59 Å². The Bertz CT molecular complexity index is 898. The lowest BCUT2D eigenvalue weighted by molar-refractivity contribution is 0.0522. The van der Waals surface area contributed by atoms with Crippen molar-refractivity contribution in [2.45, 2.75) is 65.7 Å². The minimum Gasteiger partial charge on any atom is -0.444 e. The molecule has 0 spiro atoms. The zero-order valence-corrected chi connectivity index (χ0v) is 22.5. The molecular weight excluding hydrogens is 454 g/mol. The van der Waals surface area contributed by atoms with Gasteiger partial charge in [0.1, 0.15) is 5.60 Å². The Hall–Kier alpha value is -3.06. The lowest BCUT2D eigenvalue weighted by atomic mass is 10.1. The molecule has 2 aromatic rings. The molecule has 2 aromatic carbocycles. The van der Waals surface area contributed by atoms with Crippen LogP contribution in [-0.4, -0.2) is 54.9 Å². The van der Waals surface area contributed by atoms with Crippen LogP contribution in [0.3, 0.4) is 0 Å². The zero-order chi connectivity index (χ0) is 26.4. The van der Waals surface area contributed by atoms with Crippen molar-refractivity contribution in [3.05, 3.63) is 71.8 Å². The topological polar surface area (TPSA) is 79.9 Å². The van der Waals surface area contributed by atoms with Gasteiger partial charge >= 0.3 is 12.1 Å². The summed E-state index contributed by atoms with van der Waals surface area (Å²) in [6.45, 7) is 11.9. The highest BCUT2D eigenvalue weighted by Gasteiger charge is 2.20. The maximum atomic E-state index is 13.3. The molecule has 0 aromatic heterocycles. The highest BCUT2D eigenvalue weighted by Crippen LogP contribution is 2.09. The van der Waals surface area contributed by atoms with E-state index in [1.165, 1.54) is 0 Å². The maximum absolute atomic E-state index is 13.3. The fourth-order valence-electron chi connectivity index (χ4n) is 3.55. The van der Waals surface area contributed by atoms with E-state index in [4.69, 9.17) is 9.47 Å². The molecule has 0 aliphatic rings. The Kier molecular flexibility index (Phi) is 12.3. The zero-order valence-electron chi connectivity index (χ0n) is 22.5. The van der Waals surface area contributed by atoms with Gasteiger partial charge < -0.3 is 25.0 Å². The number of hydrogen-bond acceptors (Lipinski definition) is 4. The number of carbonyl (C=O) groups excluding carboxylic acids is 2. The van der Waals surface area contributed by atoms with Gasteiger partial charge in [0.25, 0.3) is 0 Å². The number of hydrogen-bond donors (Lipinski definition) is 2. The number of alkyl carbamates (subject to hydrolysis) is 1. The quantitative estimate of drug-likeness (QED) is 0.388. The number of nitrogens with one attached hydrogen (secondary N) is 2. The summed E-state index contributed by atoms with van der Waals surface area (Å²) in [6, 6.07) is 19.7. The summed E-state index contributed by atoms with van der Waals surface area (Å²) in [5.74, 6) is 0.452. The standard InChI is InChI=1S/C29H43N3O4/c1-23(2)16-18-32(19-17-30-28(34)36-29(3,4)5)27(33)31-26(20-24-12-8-6-9-13-24)22-35-21-25-14-10-7-11-15-25/h6-15,23,26H,16-22H2,1-5H3,(H,30,34)(H,31,33)/t26-/m0/s1. The van der Waals surface area contributed by atoms with Gasteiger partial charge in [-0.2, -0.15) is 0 Å². The van der Waals surface area contributed by atoms with Crippen LogP contribution >= 0.6 is 0 Å². The summed E-state index contributed by atoms with van der Waals surface area (Å²) in [6.07, 6.45) is 1.05. The fourth-order valence-corrected chi connectivity index (χ4v) is 3.55. The largest absolute Gasteiger partial charge is 0.444 e. The SMILES string of the molecule is CC(C)CCN(CCNC(=O)OC(C)(C)C)C(=O)N[C@H](COCc1ccccc1)Cc1ccccc1. The molecule has 36 heavy (non-hydrogen) atoms. The van der Waals surface area contributed by atoms with E-state index in [-0.39, 0.29) is 12.1 Å². The molecule has 0 radical (unpaired) electrons. The molecule has 0 bridgehead atoms. The highest BCUT2D eigenvalue weighted by atomic mass is 16.6. The minimum atomic E-state index is -0.566. The molecule has 0 heterocycles. The molecule has 2 N–H and O–H groups in total. The van der Waals surface area contributed by atoms with Crippen LogP contribution in [0.25, 0.3) is 0 Å². The lowest BCUT2D eigenvalue weighted by Gasteiger charge is -2.28. The van der Waals surface area contributed by atoms with Gasteiger partial charge in [0, 0.05) is 19.6 Å². The molecular formula is C29H43N3O4. The van der Waals surface area contributed by atoms with Crippen molar-refractivity contribution < 1.29 is 19.1 Å². The number of amides is 3. The summed E-state index contributed by atoms with van der Waals surface area (Å²) in [5.41, 5.74) is 1.66. The van der Waals surface area contributed by atoms with E-state index in [9.17, 15) is 9.59 Å². The Morgan fingerprint density at radius 2 is 1.53 bits per heavy atom. The van der Waals surface area contributed by atoms with E-state index in [2.05, 4.69) is 36.6 Å². The average molecular weight is 498 g/mol. The Morgan fingerprint density at radius 1 is 0.917 bits per heavy atom. The van der Waals surface area contributed by atoms with Crippen LogP contribution in [0, 0.1) is 5.92 Å². The molecule has 0 aliphatic carbocycles. The molecule has 0 saturated carbocycles. The number of urea groups is 1. The van der Waals surface area contributed by atoms with Crippen LogP contribution in [0.15, 0.2) is 60.7 Å². The second-order valence-electron chi connectivity index (χ2n) is 10.4. The summed E-state index contributed by atoms with van der Waals surface area (Å²) in [5, 5.41) is 5.92. The van der Waals surface area contributed by atoms with Gasteiger partial charge in [-0.3, -0.25) is 0 Å². The maximum Gasteiger partial charge on any atom is 0.407 e. The van der Waals surface area contributed by atoms with Crippen LogP contribution in [0.2, 0.25) is 0 Å². The summed E-state index contributed by atoms with van der Waals surface area (Å²) in [4.78, 5) is 27.1. The van der Waals surface area contributed by atoms with Gasteiger partial charge in [0.2, 0.25) is 0 Å². The van der Waals surface area contributed by atoms with Crippen molar-refractivity contribution in [1.29, 1.82) is 0 Å². The van der Waals surface area contributed by atoms with E-state index in [1.807, 2.05) is 69.3 Å². The van der Waals surface area contributed by atoms with Crippen LogP contribution in [0.1, 0.15) is 52.2 Å². The summed E-state index contributed by atoms with van der Waals surface area (Å²) >= 11 is 0. The predicted molar refractivity (Wildman–Crippen MR) is 144 cm³/mol. The van der Waals surface area contributed by atoms with Crippen molar-refractivity contribution in [2.75, 3.05) is 26.2 Å². The van der Waals surface area contributed by atoms with Gasteiger partial charge in [-0.25, -0.2) is 9.59 Å². The summed E-state index contributed by atoms with van der Waals surface area (Å²) < 4.78 is 11.3. The van der Waals surface area contributed by atoms with Crippen molar-refractivity contribution in [3.63, 3.8) is 0 Å². The number of nitrogens with zero attached hydrogens (tertiary/aromatic N) is 1. The first-order chi connectivity index (χ1) is 17.1. The van der Waals surface area contributed by atoms with Crippen LogP contribution < -0.4 is 10.6 Å². The molecule has 0 saturated heterocycles. The Labute approximate surface area is 216 Å². The number of carbonyl (C=O) groups is 2. The van der Waals surface area contributed by atoms with Gasteiger partial charge in [0.15, 0.2) is 0 Å². The molecule has 0 unspecified atom stereocenters. The third kappa shape index (κ3) is 12.6. The van der Waals surface area contributed by atoms with E-state index in [0.29, 0.717) is 45.2 Å². The van der Waals surface area contributed by atoms with E-state index < -0.39 is 11.7 Å². The predicted octanol–water partition coefficient (Wildman–Crippen LogP) is 5.40. The highest BCUT2D eigenvalue weighted by molar-refractivity contribution is 5.74. The molecule has 7 heteroatoms. The normalized spacial score (nSPS) is 12.2. The van der Waals surface area contributed by atoms with Crippen LogP contribution in [0.5, 0.6) is 0 Å². The second-order valence-corrected chi connectivity index (χ2v) is 10.4. The third-order valence-corrected chi connectivity index (χ3v) is 5.40. The molecule has 3 amide bonds. The Balaban J connectivity index is 1.99. The molecule has 2 rings (SSSR count). The summed E-state index contributed by atoms with van der Waals surface area (Å²) in [7, 11) is 0. The number of benzene rings is 2. The number of ether oxygens (including phenoxy) is 2. The lowest BCUT2D eigenvalue weighted by Crippen LogP contribution is -2.50. The molecule has 1 atom stereocenters. The van der Waals surface area contributed by atoms with Gasteiger partial charge in [-0.15, -0.1) is 0 Å². The first kappa shape index (κ1) is 29.2. The number of rotatable bonds is 13. The Morgan fingerprint density at radius 3 is 2.11 bits per heavy atom. The van der Waals surface area contributed by atoms with E-state index >= 15 is 0 Å². The van der Waals surface area contributed by atoms with Gasteiger partial charge in [-0.05, 0) is 50.7 Å². The molecule has 198 valence electrons. The second kappa shape index (κ2) is 15.1. The first-order valence-electron chi connectivity index (χ1n) is 12.8.